The second kappa shape index (κ2) is 5.40. The number of aliphatic hydroxyl groups is 1. The summed E-state index contributed by atoms with van der Waals surface area (Å²) in [4.78, 5) is 0. The van der Waals surface area contributed by atoms with Gasteiger partial charge >= 0.3 is 0 Å². The molecule has 4 heteroatoms. The summed E-state index contributed by atoms with van der Waals surface area (Å²) >= 11 is 0. The molecule has 4 nitrogen and oxygen atoms in total. The highest BCUT2D eigenvalue weighted by molar-refractivity contribution is 5.09. The van der Waals surface area contributed by atoms with Crippen molar-refractivity contribution < 1.29 is 9.84 Å². The highest BCUT2D eigenvalue weighted by Gasteiger charge is 2.50. The van der Waals surface area contributed by atoms with Crippen LogP contribution in [0.15, 0.2) is 12.3 Å². The van der Waals surface area contributed by atoms with E-state index < -0.39 is 0 Å². The monoisotopic (exact) mass is 290 g/mol. The van der Waals surface area contributed by atoms with E-state index in [1.165, 1.54) is 38.5 Å². The second-order valence-electron chi connectivity index (χ2n) is 7.30. The molecule has 1 aromatic heterocycles. The number of nitrogens with zero attached hydrogens (tertiary/aromatic N) is 2. The van der Waals surface area contributed by atoms with Gasteiger partial charge in [-0.25, -0.2) is 0 Å². The topological polar surface area (TPSA) is 47.3 Å². The lowest BCUT2D eigenvalue weighted by molar-refractivity contribution is 0.0000157. The van der Waals surface area contributed by atoms with Crippen LogP contribution < -0.4 is 0 Å². The summed E-state index contributed by atoms with van der Waals surface area (Å²) in [5.41, 5.74) is 1.04. The Morgan fingerprint density at radius 3 is 2.81 bits per heavy atom. The molecule has 0 radical (unpaired) electrons. The molecular weight excluding hydrogens is 264 g/mol. The zero-order valence-electron chi connectivity index (χ0n) is 12.7. The van der Waals surface area contributed by atoms with Gasteiger partial charge in [-0.05, 0) is 44.1 Å². The molecule has 2 unspecified atom stereocenters. The van der Waals surface area contributed by atoms with Crippen molar-refractivity contribution in [1.29, 1.82) is 0 Å². The maximum absolute atomic E-state index is 10.0. The van der Waals surface area contributed by atoms with Crippen LogP contribution in [0.5, 0.6) is 0 Å². The normalized spacial score (nSPS) is 33.9. The molecule has 0 bridgehead atoms. The van der Waals surface area contributed by atoms with Crippen LogP contribution in [-0.4, -0.2) is 34.2 Å². The maximum Gasteiger partial charge on any atom is 0.0686 e. The van der Waals surface area contributed by atoms with Crippen molar-refractivity contribution >= 4 is 0 Å². The minimum atomic E-state index is -0.0873. The molecule has 2 aliphatic carbocycles. The van der Waals surface area contributed by atoms with Crippen LogP contribution in [-0.2, 0) is 11.2 Å². The Kier molecular flexibility index (Phi) is 3.54. The number of aromatic nitrogens is 2. The summed E-state index contributed by atoms with van der Waals surface area (Å²) in [6, 6.07) is 2.75. The molecule has 0 amide bonds. The average molecular weight is 290 g/mol. The first-order valence-electron chi connectivity index (χ1n) is 8.57. The predicted molar refractivity (Wildman–Crippen MR) is 80.0 cm³/mol. The fourth-order valence-corrected chi connectivity index (χ4v) is 4.36. The minimum Gasteiger partial charge on any atom is -0.396 e. The fraction of sp³-hybridized carbons (Fsp3) is 0.824. The third kappa shape index (κ3) is 2.53. The van der Waals surface area contributed by atoms with Crippen LogP contribution >= 0.6 is 0 Å². The van der Waals surface area contributed by atoms with Crippen LogP contribution in [0.4, 0.5) is 0 Å². The van der Waals surface area contributed by atoms with Crippen LogP contribution in [0, 0.1) is 11.3 Å². The molecule has 3 aliphatic rings. The van der Waals surface area contributed by atoms with E-state index in [1.807, 2.05) is 0 Å². The number of hydrogen-bond donors (Lipinski definition) is 1. The molecule has 116 valence electrons. The third-order valence-corrected chi connectivity index (χ3v) is 5.76. The van der Waals surface area contributed by atoms with Gasteiger partial charge in [-0.15, -0.1) is 0 Å². The van der Waals surface area contributed by atoms with Crippen molar-refractivity contribution in [3.05, 3.63) is 18.0 Å². The van der Waals surface area contributed by atoms with Gasteiger partial charge in [-0.2, -0.15) is 5.10 Å². The summed E-state index contributed by atoms with van der Waals surface area (Å²) in [5, 5.41) is 14.8. The third-order valence-electron chi connectivity index (χ3n) is 5.76. The van der Waals surface area contributed by atoms with Gasteiger partial charge in [0.2, 0.25) is 0 Å². The quantitative estimate of drug-likeness (QED) is 0.907. The van der Waals surface area contributed by atoms with Crippen LogP contribution in [0.3, 0.4) is 0 Å². The summed E-state index contributed by atoms with van der Waals surface area (Å²) in [5.74, 6) is 0.677. The van der Waals surface area contributed by atoms with E-state index >= 15 is 0 Å². The van der Waals surface area contributed by atoms with Gasteiger partial charge in [0.05, 0.1) is 24.4 Å². The van der Waals surface area contributed by atoms with Gasteiger partial charge in [0.15, 0.2) is 0 Å². The zero-order valence-corrected chi connectivity index (χ0v) is 12.7. The molecule has 3 fully saturated rings. The zero-order chi connectivity index (χ0) is 14.3. The van der Waals surface area contributed by atoms with Gasteiger partial charge in [0, 0.05) is 24.6 Å². The molecule has 2 heterocycles. The lowest BCUT2D eigenvalue weighted by atomic mass is 9.76. The molecule has 0 aromatic carbocycles. The smallest absolute Gasteiger partial charge is 0.0686 e. The molecule has 1 aliphatic heterocycles. The van der Waals surface area contributed by atoms with Gasteiger partial charge < -0.3 is 9.84 Å². The Balaban J connectivity index is 1.50. The molecule has 4 rings (SSSR count). The van der Waals surface area contributed by atoms with Gasteiger partial charge in [-0.1, -0.05) is 12.8 Å². The SMILES string of the molecule is OCC1(Cc2ccn(C3CCCC3)n2)CCOC1C1CC1. The number of hydrogen-bond acceptors (Lipinski definition) is 3. The van der Waals surface area contributed by atoms with Crippen molar-refractivity contribution in [2.24, 2.45) is 11.3 Å². The Morgan fingerprint density at radius 2 is 2.10 bits per heavy atom. The molecule has 1 saturated heterocycles. The first kappa shape index (κ1) is 13.8. The number of aliphatic hydroxyl groups excluding tert-OH is 1. The van der Waals surface area contributed by atoms with E-state index in [2.05, 4.69) is 16.9 Å². The van der Waals surface area contributed by atoms with E-state index in [9.17, 15) is 5.11 Å². The van der Waals surface area contributed by atoms with Gasteiger partial charge in [0.1, 0.15) is 0 Å². The van der Waals surface area contributed by atoms with Crippen LogP contribution in [0.25, 0.3) is 0 Å². The van der Waals surface area contributed by atoms with Gasteiger partial charge in [0.25, 0.3) is 0 Å². The molecule has 1 aromatic rings. The first-order valence-corrected chi connectivity index (χ1v) is 8.57. The molecular formula is C17H26N2O2. The van der Waals surface area contributed by atoms with Crippen molar-refractivity contribution in [2.45, 2.75) is 63.5 Å². The molecule has 2 saturated carbocycles. The second-order valence-corrected chi connectivity index (χ2v) is 7.30. The van der Waals surface area contributed by atoms with Crippen molar-refractivity contribution in [3.8, 4) is 0 Å². The maximum atomic E-state index is 10.0. The first-order chi connectivity index (χ1) is 10.3. The average Bonchev–Trinajstić information content (AvgIpc) is 2.96. The lowest BCUT2D eigenvalue weighted by Crippen LogP contribution is -2.38. The largest absolute Gasteiger partial charge is 0.396 e. The number of rotatable bonds is 5. The Bertz CT molecular complexity index is 491. The number of ether oxygens (including phenoxy) is 1. The predicted octanol–water partition coefficient (Wildman–Crippen LogP) is 2.72. The van der Waals surface area contributed by atoms with E-state index in [-0.39, 0.29) is 18.1 Å². The highest BCUT2D eigenvalue weighted by Crippen LogP contribution is 2.49. The summed E-state index contributed by atoms with van der Waals surface area (Å²) in [6.07, 6.45) is 11.9. The highest BCUT2D eigenvalue weighted by atomic mass is 16.5. The molecule has 1 N–H and O–H groups in total. The fourth-order valence-electron chi connectivity index (χ4n) is 4.36. The molecule has 21 heavy (non-hydrogen) atoms. The van der Waals surface area contributed by atoms with E-state index in [1.54, 1.807) is 0 Å². The molecule has 0 spiro atoms. The van der Waals surface area contributed by atoms with Crippen molar-refractivity contribution in [2.75, 3.05) is 13.2 Å². The Hall–Kier alpha value is -0.870. The minimum absolute atomic E-state index is 0.0873. The van der Waals surface area contributed by atoms with Crippen LogP contribution in [0.1, 0.15) is 56.7 Å². The summed E-state index contributed by atoms with van der Waals surface area (Å²) in [7, 11) is 0. The van der Waals surface area contributed by atoms with Crippen molar-refractivity contribution in [3.63, 3.8) is 0 Å². The van der Waals surface area contributed by atoms with E-state index in [4.69, 9.17) is 9.84 Å². The Labute approximate surface area is 126 Å². The van der Waals surface area contributed by atoms with Crippen LogP contribution in [0.2, 0.25) is 0 Å². The van der Waals surface area contributed by atoms with E-state index in [0.29, 0.717) is 12.0 Å². The van der Waals surface area contributed by atoms with Crippen molar-refractivity contribution in [1.82, 2.24) is 9.78 Å². The van der Waals surface area contributed by atoms with E-state index in [0.717, 1.165) is 25.1 Å². The lowest BCUT2D eigenvalue weighted by Gasteiger charge is -2.31. The van der Waals surface area contributed by atoms with Gasteiger partial charge in [-0.3, -0.25) is 4.68 Å². The summed E-state index contributed by atoms with van der Waals surface area (Å²) in [6.45, 7) is 1.02. The standard InChI is InChI=1S/C17H26N2O2/c20-12-17(8-10-21-16(17)13-5-6-13)11-14-7-9-19(18-14)15-3-1-2-4-15/h7,9,13,15-16,20H,1-6,8,10-12H2. The Morgan fingerprint density at radius 1 is 1.29 bits per heavy atom. The molecule has 2 atom stereocenters. The summed E-state index contributed by atoms with van der Waals surface area (Å²) < 4.78 is 8.13.